The summed E-state index contributed by atoms with van der Waals surface area (Å²) in [5.41, 5.74) is 4.33. The molecule has 1 saturated carbocycles. The van der Waals surface area contributed by atoms with E-state index in [9.17, 15) is 9.59 Å². The maximum absolute atomic E-state index is 13.1. The van der Waals surface area contributed by atoms with Gasteiger partial charge in [-0.25, -0.2) is 4.79 Å². The predicted octanol–water partition coefficient (Wildman–Crippen LogP) is 4.15. The monoisotopic (exact) mass is 395 g/mol. The SMILES string of the molecule is CCc1ccc([C@H]2C(C(=O)OC[C@H]3CCCO3)=C(C)N=C3CCCC(=O)C32)cc1. The van der Waals surface area contributed by atoms with Gasteiger partial charge < -0.3 is 9.47 Å². The summed E-state index contributed by atoms with van der Waals surface area (Å²) in [6, 6.07) is 8.27. The Labute approximate surface area is 172 Å². The summed E-state index contributed by atoms with van der Waals surface area (Å²) in [7, 11) is 0. The molecule has 154 valence electrons. The van der Waals surface area contributed by atoms with Gasteiger partial charge in [0.15, 0.2) is 0 Å². The number of ether oxygens (including phenoxy) is 2. The molecule has 1 aromatic carbocycles. The largest absolute Gasteiger partial charge is 0.460 e. The summed E-state index contributed by atoms with van der Waals surface area (Å²) < 4.78 is 11.2. The van der Waals surface area contributed by atoms with Crippen LogP contribution in [0, 0.1) is 5.92 Å². The molecule has 5 heteroatoms. The number of hydrogen-bond donors (Lipinski definition) is 0. The number of fused-ring (bicyclic) bond motifs is 1. The minimum atomic E-state index is -0.372. The van der Waals surface area contributed by atoms with Crippen molar-refractivity contribution in [3.63, 3.8) is 0 Å². The van der Waals surface area contributed by atoms with Crippen LogP contribution in [0.1, 0.15) is 63.0 Å². The summed E-state index contributed by atoms with van der Waals surface area (Å²) >= 11 is 0. The van der Waals surface area contributed by atoms with E-state index in [2.05, 4.69) is 36.2 Å². The number of nitrogens with zero attached hydrogens (tertiary/aromatic N) is 1. The number of ketones is 1. The van der Waals surface area contributed by atoms with E-state index in [0.717, 1.165) is 50.0 Å². The summed E-state index contributed by atoms with van der Waals surface area (Å²) in [4.78, 5) is 30.7. The molecule has 0 aromatic heterocycles. The molecule has 0 amide bonds. The van der Waals surface area contributed by atoms with Gasteiger partial charge in [0, 0.05) is 30.4 Å². The van der Waals surface area contributed by atoms with Crippen LogP contribution >= 0.6 is 0 Å². The van der Waals surface area contributed by atoms with Crippen molar-refractivity contribution in [2.24, 2.45) is 10.9 Å². The number of esters is 1. The minimum absolute atomic E-state index is 0.0268. The van der Waals surface area contributed by atoms with Gasteiger partial charge in [0.2, 0.25) is 0 Å². The lowest BCUT2D eigenvalue weighted by atomic mass is 9.69. The Bertz CT molecular complexity index is 846. The van der Waals surface area contributed by atoms with Gasteiger partial charge in [0.05, 0.1) is 17.6 Å². The first-order valence-corrected chi connectivity index (χ1v) is 10.8. The fourth-order valence-electron chi connectivity index (χ4n) is 4.73. The van der Waals surface area contributed by atoms with Crippen LogP contribution in [0.4, 0.5) is 0 Å². The topological polar surface area (TPSA) is 65.0 Å². The molecule has 0 N–H and O–H groups in total. The summed E-state index contributed by atoms with van der Waals surface area (Å²) in [6.45, 7) is 4.95. The van der Waals surface area contributed by atoms with Crippen molar-refractivity contribution in [2.75, 3.05) is 13.2 Å². The number of benzene rings is 1. The van der Waals surface area contributed by atoms with Crippen LogP contribution in [0.5, 0.6) is 0 Å². The molecule has 29 heavy (non-hydrogen) atoms. The van der Waals surface area contributed by atoms with E-state index in [0.29, 0.717) is 17.7 Å². The quantitative estimate of drug-likeness (QED) is 0.703. The summed E-state index contributed by atoms with van der Waals surface area (Å²) in [5.74, 6) is -0.872. The summed E-state index contributed by atoms with van der Waals surface area (Å²) in [6.07, 6.45) is 5.03. The van der Waals surface area contributed by atoms with Crippen LogP contribution in [0.2, 0.25) is 0 Å². The maximum Gasteiger partial charge on any atom is 0.336 e. The fraction of sp³-hybridized carbons (Fsp3) is 0.542. The molecule has 0 bridgehead atoms. The second-order valence-electron chi connectivity index (χ2n) is 8.21. The average molecular weight is 395 g/mol. The maximum atomic E-state index is 13.1. The molecule has 2 heterocycles. The first-order valence-electron chi connectivity index (χ1n) is 10.8. The third-order valence-electron chi connectivity index (χ3n) is 6.30. The number of carbonyl (C=O) groups is 2. The first kappa shape index (κ1) is 20.0. The van der Waals surface area contributed by atoms with E-state index < -0.39 is 0 Å². The Kier molecular flexibility index (Phi) is 5.95. The van der Waals surface area contributed by atoms with Crippen molar-refractivity contribution in [1.29, 1.82) is 0 Å². The highest BCUT2D eigenvalue weighted by molar-refractivity contribution is 6.11. The lowest BCUT2D eigenvalue weighted by molar-refractivity contribution is -0.142. The van der Waals surface area contributed by atoms with Crippen LogP contribution in [0.3, 0.4) is 0 Å². The third kappa shape index (κ3) is 4.06. The van der Waals surface area contributed by atoms with Crippen molar-refractivity contribution in [3.05, 3.63) is 46.7 Å². The second-order valence-corrected chi connectivity index (χ2v) is 8.21. The van der Waals surface area contributed by atoms with Crippen LogP contribution in [0.15, 0.2) is 40.5 Å². The molecule has 2 fully saturated rings. The molecule has 2 aliphatic heterocycles. The molecular formula is C24H29NO4. The van der Waals surface area contributed by atoms with E-state index in [4.69, 9.17) is 9.47 Å². The fourth-order valence-corrected chi connectivity index (χ4v) is 4.73. The molecule has 0 spiro atoms. The zero-order valence-electron chi connectivity index (χ0n) is 17.3. The molecular weight excluding hydrogens is 366 g/mol. The predicted molar refractivity (Wildman–Crippen MR) is 111 cm³/mol. The van der Waals surface area contributed by atoms with Gasteiger partial charge in [0.25, 0.3) is 0 Å². The van der Waals surface area contributed by atoms with Crippen molar-refractivity contribution < 1.29 is 19.1 Å². The zero-order valence-corrected chi connectivity index (χ0v) is 17.3. The van der Waals surface area contributed by atoms with E-state index in [-0.39, 0.29) is 36.3 Å². The molecule has 0 radical (unpaired) electrons. The molecule has 3 atom stereocenters. The van der Waals surface area contributed by atoms with E-state index in [1.807, 2.05) is 6.92 Å². The molecule has 1 unspecified atom stereocenters. The van der Waals surface area contributed by atoms with Crippen LogP contribution in [-0.2, 0) is 25.5 Å². The highest BCUT2D eigenvalue weighted by atomic mass is 16.6. The zero-order chi connectivity index (χ0) is 20.4. The Morgan fingerprint density at radius 1 is 1.17 bits per heavy atom. The Morgan fingerprint density at radius 3 is 2.66 bits per heavy atom. The minimum Gasteiger partial charge on any atom is -0.460 e. The molecule has 1 aromatic rings. The Balaban J connectivity index is 1.68. The number of aryl methyl sites for hydroxylation is 1. The Hall–Kier alpha value is -2.27. The van der Waals surface area contributed by atoms with E-state index >= 15 is 0 Å². The van der Waals surface area contributed by atoms with Gasteiger partial charge in [-0.1, -0.05) is 31.2 Å². The number of allylic oxidation sites excluding steroid dienone is 1. The normalized spacial score (nSPS) is 26.9. The number of Topliss-reactive ketones (excluding diaryl/α,β-unsaturated/α-hetero) is 1. The second kappa shape index (κ2) is 8.62. The number of hydrogen-bond acceptors (Lipinski definition) is 5. The average Bonchev–Trinajstić information content (AvgIpc) is 3.25. The molecule has 3 aliphatic rings. The molecule has 1 aliphatic carbocycles. The molecule has 1 saturated heterocycles. The van der Waals surface area contributed by atoms with Crippen LogP contribution < -0.4 is 0 Å². The first-order chi connectivity index (χ1) is 14.1. The highest BCUT2D eigenvalue weighted by Crippen LogP contribution is 2.43. The van der Waals surface area contributed by atoms with Gasteiger partial charge in [-0.3, -0.25) is 9.79 Å². The van der Waals surface area contributed by atoms with Crippen molar-refractivity contribution >= 4 is 17.5 Å². The van der Waals surface area contributed by atoms with Crippen molar-refractivity contribution in [1.82, 2.24) is 0 Å². The number of aliphatic imine (C=N–C) groups is 1. The number of carbonyl (C=O) groups excluding carboxylic acids is 2. The molecule has 5 nitrogen and oxygen atoms in total. The van der Waals surface area contributed by atoms with Crippen LogP contribution in [-0.4, -0.2) is 36.8 Å². The van der Waals surface area contributed by atoms with Gasteiger partial charge >= 0.3 is 5.97 Å². The molecule has 4 rings (SSSR count). The van der Waals surface area contributed by atoms with Gasteiger partial charge in [-0.15, -0.1) is 0 Å². The number of rotatable bonds is 5. The van der Waals surface area contributed by atoms with E-state index in [1.165, 1.54) is 5.56 Å². The van der Waals surface area contributed by atoms with Crippen molar-refractivity contribution in [2.45, 2.75) is 64.4 Å². The lowest BCUT2D eigenvalue weighted by Gasteiger charge is -2.35. The lowest BCUT2D eigenvalue weighted by Crippen LogP contribution is -2.39. The summed E-state index contributed by atoms with van der Waals surface area (Å²) in [5, 5.41) is 0. The third-order valence-corrected chi connectivity index (χ3v) is 6.30. The van der Waals surface area contributed by atoms with Gasteiger partial charge in [0.1, 0.15) is 12.4 Å². The van der Waals surface area contributed by atoms with Crippen molar-refractivity contribution in [3.8, 4) is 0 Å². The highest BCUT2D eigenvalue weighted by Gasteiger charge is 2.43. The smallest absolute Gasteiger partial charge is 0.336 e. The Morgan fingerprint density at radius 2 is 1.97 bits per heavy atom. The van der Waals surface area contributed by atoms with Crippen LogP contribution in [0.25, 0.3) is 0 Å². The van der Waals surface area contributed by atoms with E-state index in [1.54, 1.807) is 0 Å². The van der Waals surface area contributed by atoms with Gasteiger partial charge in [-0.2, -0.15) is 0 Å². The van der Waals surface area contributed by atoms with Gasteiger partial charge in [-0.05, 0) is 50.2 Å². The standard InChI is InChI=1S/C24H29NO4/c1-3-16-9-11-17(12-10-16)22-21(24(27)29-14-18-6-5-13-28-18)15(2)25-19-7-4-8-20(26)23(19)22/h9-12,18,22-23H,3-8,13-14H2,1-2H3/t18-,22+,23?/m1/s1.